The molecular weight excluding hydrogens is 206 g/mol. The van der Waals surface area contributed by atoms with E-state index < -0.39 is 6.10 Å². The molecule has 0 aromatic heterocycles. The molecule has 0 fully saturated rings. The van der Waals surface area contributed by atoms with Crippen LogP contribution in [0.4, 0.5) is 0 Å². The van der Waals surface area contributed by atoms with E-state index in [2.05, 4.69) is 3.02 Å². The van der Waals surface area contributed by atoms with Crippen molar-refractivity contribution < 1.29 is 13.2 Å². The van der Waals surface area contributed by atoms with Crippen molar-refractivity contribution in [2.24, 2.45) is 0 Å². The molecule has 0 aliphatic heterocycles. The summed E-state index contributed by atoms with van der Waals surface area (Å²) < 4.78 is 4.61. The molecule has 0 bridgehead atoms. The Bertz CT molecular complexity index is 41.2. The summed E-state index contributed by atoms with van der Waals surface area (Å²) in [5, 5.41) is 16.7. The molecule has 0 saturated carbocycles. The summed E-state index contributed by atoms with van der Waals surface area (Å²) in [7, 11) is 0. The Morgan fingerprint density at radius 2 is 2.29 bits per heavy atom. The Kier molecular flexibility index (Phi) is 5.33. The van der Waals surface area contributed by atoms with Crippen LogP contribution in [0.15, 0.2) is 0 Å². The standard InChI is InChI=1S/C3H7O3.Sb.2H/c4-1-3(6)2-5;;;/h3-4,6H,1-2H2;;;/q-1;+1;;. The van der Waals surface area contributed by atoms with Gasteiger partial charge in [0.1, 0.15) is 0 Å². The van der Waals surface area contributed by atoms with E-state index in [1.54, 1.807) is 0 Å². The first-order valence-corrected chi connectivity index (χ1v) is 3.26. The molecule has 4 heteroatoms. The molecule has 0 saturated heterocycles. The quantitative estimate of drug-likeness (QED) is 0.530. The van der Waals surface area contributed by atoms with E-state index in [1.807, 2.05) is 0 Å². The van der Waals surface area contributed by atoms with Crippen molar-refractivity contribution >= 4 is 23.4 Å². The van der Waals surface area contributed by atoms with E-state index in [-0.39, 0.29) is 13.2 Å². The van der Waals surface area contributed by atoms with Crippen molar-refractivity contribution in [3.8, 4) is 0 Å². The molecule has 0 spiro atoms. The first kappa shape index (κ1) is 7.70. The second kappa shape index (κ2) is 4.85. The predicted molar refractivity (Wildman–Crippen MR) is 27.6 cm³/mol. The number of hydrogen-bond acceptors (Lipinski definition) is 3. The van der Waals surface area contributed by atoms with Crippen LogP contribution in [0.1, 0.15) is 0 Å². The van der Waals surface area contributed by atoms with Crippen LogP contribution in [0, 0.1) is 0 Å². The van der Waals surface area contributed by atoms with Crippen molar-refractivity contribution in [3.05, 3.63) is 0 Å². The van der Waals surface area contributed by atoms with Gasteiger partial charge in [0.15, 0.2) is 0 Å². The molecule has 0 radical (unpaired) electrons. The maximum atomic E-state index is 8.50. The SMILES string of the molecule is OCC(O)C[O][SbH2]. The number of aliphatic hydroxyl groups excluding tert-OH is 2. The van der Waals surface area contributed by atoms with Gasteiger partial charge in [-0.15, -0.1) is 0 Å². The van der Waals surface area contributed by atoms with Gasteiger partial charge in [0, 0.05) is 0 Å². The van der Waals surface area contributed by atoms with Crippen LogP contribution >= 0.6 is 0 Å². The van der Waals surface area contributed by atoms with E-state index in [4.69, 9.17) is 10.2 Å². The Morgan fingerprint density at radius 1 is 1.71 bits per heavy atom. The summed E-state index contributed by atoms with van der Waals surface area (Å²) >= 11 is 0.675. The molecule has 44 valence electrons. The monoisotopic (exact) mass is 214 g/mol. The Morgan fingerprint density at radius 3 is 2.43 bits per heavy atom. The van der Waals surface area contributed by atoms with E-state index in [9.17, 15) is 0 Å². The number of hydrogen-bond donors (Lipinski definition) is 2. The van der Waals surface area contributed by atoms with Crippen LogP contribution in [0.3, 0.4) is 0 Å². The molecule has 0 aliphatic rings. The van der Waals surface area contributed by atoms with Gasteiger partial charge in [0.05, 0.1) is 0 Å². The van der Waals surface area contributed by atoms with Crippen LogP contribution in [0.5, 0.6) is 0 Å². The zero-order valence-electron chi connectivity index (χ0n) is 3.87. The van der Waals surface area contributed by atoms with E-state index in [1.165, 1.54) is 0 Å². The van der Waals surface area contributed by atoms with Gasteiger partial charge in [0.25, 0.3) is 0 Å². The third kappa shape index (κ3) is 4.55. The zero-order chi connectivity index (χ0) is 5.70. The summed E-state index contributed by atoms with van der Waals surface area (Å²) in [4.78, 5) is 0. The Labute approximate surface area is 56.3 Å². The van der Waals surface area contributed by atoms with Crippen LogP contribution in [0.25, 0.3) is 0 Å². The van der Waals surface area contributed by atoms with Gasteiger partial charge < -0.3 is 0 Å². The number of aliphatic hydroxyl groups is 2. The molecule has 0 aromatic carbocycles. The van der Waals surface area contributed by atoms with Gasteiger partial charge in [-0.2, -0.15) is 0 Å². The molecule has 3 nitrogen and oxygen atoms in total. The fourth-order valence-corrected chi connectivity index (χ4v) is 0.798. The second-order valence-corrected chi connectivity index (χ2v) is 2.12. The minimum absolute atomic E-state index is 0.208. The van der Waals surface area contributed by atoms with Crippen LogP contribution in [-0.4, -0.2) is 53.0 Å². The molecule has 1 atom stereocenters. The average molecular weight is 215 g/mol. The minimum atomic E-state index is -0.685. The van der Waals surface area contributed by atoms with Crippen LogP contribution in [-0.2, 0) is 3.02 Å². The normalized spacial score (nSPS) is 14.1. The van der Waals surface area contributed by atoms with Crippen molar-refractivity contribution in [1.29, 1.82) is 0 Å². The molecule has 0 heterocycles. The Balaban J connectivity index is 2.83. The molecule has 0 rings (SSSR count). The molecule has 0 aliphatic carbocycles. The molecule has 0 amide bonds. The summed E-state index contributed by atoms with van der Waals surface area (Å²) in [6.07, 6.45) is -0.685. The van der Waals surface area contributed by atoms with Crippen molar-refractivity contribution in [2.75, 3.05) is 13.2 Å². The topological polar surface area (TPSA) is 49.7 Å². The van der Waals surface area contributed by atoms with Gasteiger partial charge >= 0.3 is 56.0 Å². The third-order valence-corrected chi connectivity index (χ3v) is 1.05. The van der Waals surface area contributed by atoms with E-state index in [0.29, 0.717) is 23.4 Å². The van der Waals surface area contributed by atoms with Gasteiger partial charge in [0.2, 0.25) is 0 Å². The van der Waals surface area contributed by atoms with E-state index >= 15 is 0 Å². The number of rotatable bonds is 3. The second-order valence-electron chi connectivity index (χ2n) is 1.17. The van der Waals surface area contributed by atoms with Gasteiger partial charge in [-0.3, -0.25) is 0 Å². The molecule has 0 aromatic rings. The Hall–Kier alpha value is 0.698. The van der Waals surface area contributed by atoms with Crippen molar-refractivity contribution in [3.63, 3.8) is 0 Å². The van der Waals surface area contributed by atoms with Crippen molar-refractivity contribution in [1.82, 2.24) is 0 Å². The molecule has 1 unspecified atom stereocenters. The zero-order valence-corrected chi connectivity index (χ0v) is 7.17. The first-order valence-electron chi connectivity index (χ1n) is 1.92. The average Bonchev–Trinajstić information content (AvgIpc) is 1.68. The molecule has 2 N–H and O–H groups in total. The fourth-order valence-electron chi connectivity index (χ4n) is 0.164. The fraction of sp³-hybridized carbons (Fsp3) is 1.00. The summed E-state index contributed by atoms with van der Waals surface area (Å²) in [6.45, 7) is 0.0551. The molecule has 7 heavy (non-hydrogen) atoms. The summed E-state index contributed by atoms with van der Waals surface area (Å²) in [6, 6.07) is 0. The third-order valence-electron chi connectivity index (χ3n) is 0.499. The van der Waals surface area contributed by atoms with E-state index in [0.717, 1.165) is 0 Å². The first-order chi connectivity index (χ1) is 3.31. The molecular formula is C3H9O3Sb. The summed E-state index contributed by atoms with van der Waals surface area (Å²) in [5.41, 5.74) is 0. The van der Waals surface area contributed by atoms with Crippen molar-refractivity contribution in [2.45, 2.75) is 6.10 Å². The van der Waals surface area contributed by atoms with Crippen LogP contribution < -0.4 is 0 Å². The van der Waals surface area contributed by atoms with Crippen LogP contribution in [0.2, 0.25) is 0 Å². The van der Waals surface area contributed by atoms with Gasteiger partial charge in [-0.05, 0) is 0 Å². The summed E-state index contributed by atoms with van der Waals surface area (Å²) in [5.74, 6) is 0. The maximum absolute atomic E-state index is 8.50. The van der Waals surface area contributed by atoms with Gasteiger partial charge in [-0.1, -0.05) is 0 Å². The predicted octanol–water partition coefficient (Wildman–Crippen LogP) is -2.10. The van der Waals surface area contributed by atoms with Gasteiger partial charge in [-0.25, -0.2) is 0 Å².